The molecule has 0 bridgehead atoms. The number of fused-ring (bicyclic) bond motifs is 1. The smallest absolute Gasteiger partial charge is 0.267 e. The predicted octanol–water partition coefficient (Wildman–Crippen LogP) is 1.11. The SMILES string of the molecule is COCCn1c2c(ccc1=O)C[C@H](NC(=O)c1ccc[nH]1)CC2. The molecule has 0 unspecified atom stereocenters. The predicted molar refractivity (Wildman–Crippen MR) is 86.6 cm³/mol. The van der Waals surface area contributed by atoms with Crippen LogP contribution in [0.2, 0.25) is 0 Å². The quantitative estimate of drug-likeness (QED) is 0.868. The third-order valence-electron chi connectivity index (χ3n) is 4.28. The summed E-state index contributed by atoms with van der Waals surface area (Å²) in [4.78, 5) is 27.1. The van der Waals surface area contributed by atoms with E-state index < -0.39 is 0 Å². The summed E-state index contributed by atoms with van der Waals surface area (Å²) in [6.45, 7) is 1.08. The van der Waals surface area contributed by atoms with Crippen molar-refractivity contribution in [3.8, 4) is 0 Å². The topological polar surface area (TPSA) is 76.1 Å². The van der Waals surface area contributed by atoms with Gasteiger partial charge in [0.1, 0.15) is 5.69 Å². The van der Waals surface area contributed by atoms with Crippen molar-refractivity contribution >= 4 is 5.91 Å². The summed E-state index contributed by atoms with van der Waals surface area (Å²) in [5, 5.41) is 3.06. The van der Waals surface area contributed by atoms with Crippen LogP contribution >= 0.6 is 0 Å². The maximum atomic E-state index is 12.1. The number of pyridine rings is 1. The number of hydrogen-bond acceptors (Lipinski definition) is 3. The number of carbonyl (C=O) groups is 1. The molecule has 1 atom stereocenters. The zero-order valence-electron chi connectivity index (χ0n) is 13.2. The van der Waals surface area contributed by atoms with Crippen molar-refractivity contribution in [3.63, 3.8) is 0 Å². The van der Waals surface area contributed by atoms with Gasteiger partial charge in [-0.1, -0.05) is 6.07 Å². The van der Waals surface area contributed by atoms with Crippen molar-refractivity contribution < 1.29 is 9.53 Å². The standard InChI is InChI=1S/C17H21N3O3/c1-23-10-9-20-15-6-5-13(11-12(15)4-7-16(20)21)19-17(22)14-3-2-8-18-14/h2-4,7-8,13,18H,5-6,9-11H2,1H3,(H,19,22)/t13-/m1/s1. The number of nitrogens with one attached hydrogen (secondary N) is 2. The van der Waals surface area contributed by atoms with E-state index in [1.807, 2.05) is 6.07 Å². The van der Waals surface area contributed by atoms with Crippen molar-refractivity contribution in [2.24, 2.45) is 0 Å². The summed E-state index contributed by atoms with van der Waals surface area (Å²) < 4.78 is 6.88. The van der Waals surface area contributed by atoms with Crippen molar-refractivity contribution in [2.75, 3.05) is 13.7 Å². The maximum absolute atomic E-state index is 12.1. The minimum Gasteiger partial charge on any atom is -0.383 e. The van der Waals surface area contributed by atoms with Gasteiger partial charge in [0.05, 0.1) is 6.61 Å². The van der Waals surface area contributed by atoms with E-state index in [-0.39, 0.29) is 17.5 Å². The number of aromatic amines is 1. The van der Waals surface area contributed by atoms with Crippen LogP contribution in [-0.2, 0) is 24.1 Å². The van der Waals surface area contributed by atoms with Crippen LogP contribution in [-0.4, -0.2) is 35.2 Å². The molecule has 2 aromatic rings. The second-order valence-electron chi connectivity index (χ2n) is 5.78. The molecule has 3 rings (SSSR count). The summed E-state index contributed by atoms with van der Waals surface area (Å²) in [5.41, 5.74) is 2.78. The fourth-order valence-electron chi connectivity index (χ4n) is 3.11. The van der Waals surface area contributed by atoms with Crippen LogP contribution in [0.1, 0.15) is 28.2 Å². The zero-order chi connectivity index (χ0) is 16.2. The lowest BCUT2D eigenvalue weighted by Crippen LogP contribution is -2.40. The summed E-state index contributed by atoms with van der Waals surface area (Å²) in [6.07, 6.45) is 4.09. The Morgan fingerprint density at radius 3 is 3.04 bits per heavy atom. The van der Waals surface area contributed by atoms with Gasteiger partial charge in [0, 0.05) is 37.7 Å². The molecule has 2 aromatic heterocycles. The Labute approximate surface area is 134 Å². The summed E-state index contributed by atoms with van der Waals surface area (Å²) >= 11 is 0. The van der Waals surface area contributed by atoms with E-state index in [4.69, 9.17) is 4.74 Å². The molecular weight excluding hydrogens is 294 g/mol. The molecule has 122 valence electrons. The van der Waals surface area contributed by atoms with Crippen LogP contribution in [0.15, 0.2) is 35.3 Å². The fourth-order valence-corrected chi connectivity index (χ4v) is 3.11. The molecule has 0 radical (unpaired) electrons. The van der Waals surface area contributed by atoms with Crippen LogP contribution in [0.25, 0.3) is 0 Å². The number of ether oxygens (including phenoxy) is 1. The molecule has 0 fully saturated rings. The van der Waals surface area contributed by atoms with Crippen LogP contribution in [0.4, 0.5) is 0 Å². The molecule has 1 amide bonds. The molecule has 0 spiro atoms. The Balaban J connectivity index is 1.74. The zero-order valence-corrected chi connectivity index (χ0v) is 13.2. The van der Waals surface area contributed by atoms with Crippen molar-refractivity contribution in [1.82, 2.24) is 14.9 Å². The number of rotatable bonds is 5. The second kappa shape index (κ2) is 6.83. The highest BCUT2D eigenvalue weighted by Gasteiger charge is 2.23. The lowest BCUT2D eigenvalue weighted by Gasteiger charge is -2.27. The maximum Gasteiger partial charge on any atom is 0.267 e. The van der Waals surface area contributed by atoms with Crippen molar-refractivity contribution in [2.45, 2.75) is 31.8 Å². The van der Waals surface area contributed by atoms with E-state index in [0.717, 1.165) is 30.5 Å². The first-order chi connectivity index (χ1) is 11.2. The van der Waals surface area contributed by atoms with Crippen LogP contribution in [0.5, 0.6) is 0 Å². The number of hydrogen-bond donors (Lipinski definition) is 2. The van der Waals surface area contributed by atoms with Gasteiger partial charge in [-0.05, 0) is 37.0 Å². The molecule has 0 aliphatic heterocycles. The van der Waals surface area contributed by atoms with Gasteiger partial charge in [0.15, 0.2) is 0 Å². The van der Waals surface area contributed by atoms with E-state index in [1.165, 1.54) is 0 Å². The van der Waals surface area contributed by atoms with E-state index >= 15 is 0 Å². The number of methoxy groups -OCH3 is 1. The van der Waals surface area contributed by atoms with Gasteiger partial charge in [-0.2, -0.15) is 0 Å². The first-order valence-electron chi connectivity index (χ1n) is 7.84. The third kappa shape index (κ3) is 3.37. The Morgan fingerprint density at radius 1 is 1.43 bits per heavy atom. The van der Waals surface area contributed by atoms with Crippen LogP contribution in [0.3, 0.4) is 0 Å². The molecule has 2 N–H and O–H groups in total. The van der Waals surface area contributed by atoms with Crippen molar-refractivity contribution in [1.29, 1.82) is 0 Å². The van der Waals surface area contributed by atoms with Gasteiger partial charge in [0.2, 0.25) is 0 Å². The normalized spacial score (nSPS) is 16.8. The molecule has 0 aromatic carbocycles. The summed E-state index contributed by atoms with van der Waals surface area (Å²) in [6, 6.07) is 7.14. The molecule has 1 aliphatic carbocycles. The number of nitrogens with zero attached hydrogens (tertiary/aromatic N) is 1. The first-order valence-corrected chi connectivity index (χ1v) is 7.84. The Morgan fingerprint density at radius 2 is 2.30 bits per heavy atom. The third-order valence-corrected chi connectivity index (χ3v) is 4.28. The molecule has 1 aliphatic rings. The highest BCUT2D eigenvalue weighted by molar-refractivity contribution is 5.92. The molecule has 0 saturated carbocycles. The van der Waals surface area contributed by atoms with E-state index in [9.17, 15) is 9.59 Å². The molecule has 23 heavy (non-hydrogen) atoms. The minimum absolute atomic E-state index is 0.00895. The molecule has 0 saturated heterocycles. The largest absolute Gasteiger partial charge is 0.383 e. The lowest BCUT2D eigenvalue weighted by molar-refractivity contribution is 0.0929. The molecular formula is C17H21N3O3. The van der Waals surface area contributed by atoms with Gasteiger partial charge in [0.25, 0.3) is 11.5 Å². The van der Waals surface area contributed by atoms with E-state index in [2.05, 4.69) is 10.3 Å². The Bertz CT molecular complexity index is 734. The van der Waals surface area contributed by atoms with E-state index in [1.54, 1.807) is 36.1 Å². The van der Waals surface area contributed by atoms with E-state index in [0.29, 0.717) is 18.8 Å². The molecule has 6 heteroatoms. The summed E-state index contributed by atoms with van der Waals surface area (Å²) in [7, 11) is 1.63. The average Bonchev–Trinajstić information content (AvgIpc) is 3.09. The van der Waals surface area contributed by atoms with Crippen LogP contribution in [0, 0.1) is 0 Å². The highest BCUT2D eigenvalue weighted by atomic mass is 16.5. The number of aromatic nitrogens is 2. The Hall–Kier alpha value is -2.34. The second-order valence-corrected chi connectivity index (χ2v) is 5.78. The minimum atomic E-state index is -0.0869. The monoisotopic (exact) mass is 315 g/mol. The van der Waals surface area contributed by atoms with Crippen LogP contribution < -0.4 is 10.9 Å². The number of H-pyrrole nitrogens is 1. The van der Waals surface area contributed by atoms with Gasteiger partial charge in [-0.15, -0.1) is 0 Å². The Kier molecular flexibility index (Phi) is 4.62. The average molecular weight is 315 g/mol. The van der Waals surface area contributed by atoms with Gasteiger partial charge in [-0.3, -0.25) is 9.59 Å². The van der Waals surface area contributed by atoms with Gasteiger partial charge < -0.3 is 19.6 Å². The fraction of sp³-hybridized carbons (Fsp3) is 0.412. The summed E-state index contributed by atoms with van der Waals surface area (Å²) in [5.74, 6) is -0.0869. The van der Waals surface area contributed by atoms with Gasteiger partial charge in [-0.25, -0.2) is 0 Å². The molecule has 6 nitrogen and oxygen atoms in total. The van der Waals surface area contributed by atoms with Gasteiger partial charge >= 0.3 is 0 Å². The lowest BCUT2D eigenvalue weighted by atomic mass is 9.91. The molecule has 2 heterocycles. The number of amides is 1. The number of carbonyl (C=O) groups excluding carboxylic acids is 1. The van der Waals surface area contributed by atoms with Crippen molar-refractivity contribution in [3.05, 3.63) is 57.8 Å². The first kappa shape index (κ1) is 15.6. The highest BCUT2D eigenvalue weighted by Crippen LogP contribution is 2.20.